The summed E-state index contributed by atoms with van der Waals surface area (Å²) >= 11 is 0. The van der Waals surface area contributed by atoms with E-state index in [2.05, 4.69) is 15.5 Å². The van der Waals surface area contributed by atoms with Gasteiger partial charge in [0.2, 0.25) is 15.9 Å². The smallest absolute Gasteiger partial charge is 0.242 e. The predicted octanol–water partition coefficient (Wildman–Crippen LogP) is -0.223. The van der Waals surface area contributed by atoms with Gasteiger partial charge in [0.1, 0.15) is 4.90 Å². The van der Waals surface area contributed by atoms with E-state index in [-0.39, 0.29) is 29.8 Å². The van der Waals surface area contributed by atoms with Gasteiger partial charge in [-0.15, -0.1) is 0 Å². The number of rotatable bonds is 7. The van der Waals surface area contributed by atoms with Crippen molar-refractivity contribution in [3.63, 3.8) is 0 Å². The van der Waals surface area contributed by atoms with Crippen LogP contribution < -0.4 is 21.3 Å². The number of hydrazine groups is 1. The zero-order valence-corrected chi connectivity index (χ0v) is 11.7. The maximum absolute atomic E-state index is 12.1. The summed E-state index contributed by atoms with van der Waals surface area (Å²) < 4.78 is 26.6. The molecule has 0 heterocycles. The predicted molar refractivity (Wildman–Crippen MR) is 75.2 cm³/mol. The molecule has 1 aliphatic rings. The van der Waals surface area contributed by atoms with Crippen molar-refractivity contribution in [3.8, 4) is 0 Å². The number of carbonyl (C=O) groups is 1. The third-order valence-corrected chi connectivity index (χ3v) is 4.52. The summed E-state index contributed by atoms with van der Waals surface area (Å²) in [4.78, 5) is 11.5. The Kier molecular flexibility index (Phi) is 4.58. The lowest BCUT2D eigenvalue weighted by Crippen LogP contribution is -2.35. The molecule has 0 unspecified atom stereocenters. The zero-order chi connectivity index (χ0) is 14.6. The maximum atomic E-state index is 12.1. The first-order valence-electron chi connectivity index (χ1n) is 6.37. The van der Waals surface area contributed by atoms with Crippen LogP contribution in [0.1, 0.15) is 12.8 Å². The van der Waals surface area contributed by atoms with Crippen LogP contribution in [0.5, 0.6) is 0 Å². The minimum absolute atomic E-state index is 0.00628. The highest BCUT2D eigenvalue weighted by atomic mass is 32.2. The highest BCUT2D eigenvalue weighted by molar-refractivity contribution is 7.89. The second-order valence-corrected chi connectivity index (χ2v) is 6.34. The molecule has 20 heavy (non-hydrogen) atoms. The first-order valence-corrected chi connectivity index (χ1v) is 7.86. The minimum Gasteiger partial charge on any atom is -0.355 e. The van der Waals surface area contributed by atoms with Crippen LogP contribution in [0.25, 0.3) is 0 Å². The lowest BCUT2D eigenvalue weighted by molar-refractivity contribution is -0.122. The molecule has 1 aliphatic carbocycles. The number of nitrogens with one attached hydrogen (secondary N) is 3. The number of carbonyl (C=O) groups excluding carboxylic acids is 1. The summed E-state index contributed by atoms with van der Waals surface area (Å²) in [5.74, 6) is 5.40. The van der Waals surface area contributed by atoms with E-state index >= 15 is 0 Å². The van der Waals surface area contributed by atoms with Crippen LogP contribution in [0.4, 0.5) is 5.69 Å². The molecular formula is C12H18N4O3S. The summed E-state index contributed by atoms with van der Waals surface area (Å²) in [5, 5.41) is 2.69. The second-order valence-electron chi connectivity index (χ2n) is 4.60. The molecule has 0 radical (unpaired) electrons. The molecule has 2 rings (SSSR count). The van der Waals surface area contributed by atoms with Crippen LogP contribution in [-0.4, -0.2) is 27.4 Å². The molecule has 0 saturated heterocycles. The van der Waals surface area contributed by atoms with Gasteiger partial charge in [-0.1, -0.05) is 12.1 Å². The number of para-hydroxylation sites is 1. The molecule has 1 amide bonds. The molecule has 0 aromatic heterocycles. The van der Waals surface area contributed by atoms with Gasteiger partial charge in [0, 0.05) is 19.0 Å². The normalized spacial score (nSPS) is 14.8. The molecule has 8 heteroatoms. The summed E-state index contributed by atoms with van der Waals surface area (Å²) in [5.41, 5.74) is 2.67. The van der Waals surface area contributed by atoms with Gasteiger partial charge in [0.05, 0.1) is 5.69 Å². The van der Waals surface area contributed by atoms with Gasteiger partial charge in [0.15, 0.2) is 0 Å². The molecule has 110 valence electrons. The molecule has 0 spiro atoms. The Bertz CT molecular complexity index is 584. The van der Waals surface area contributed by atoms with Crippen LogP contribution in [0.2, 0.25) is 0 Å². The van der Waals surface area contributed by atoms with Crippen LogP contribution in [0, 0.1) is 5.92 Å². The highest BCUT2D eigenvalue weighted by Crippen LogP contribution is 2.28. The van der Waals surface area contributed by atoms with Gasteiger partial charge < -0.3 is 10.7 Å². The lowest BCUT2D eigenvalue weighted by Gasteiger charge is -2.11. The molecule has 7 nitrogen and oxygen atoms in total. The van der Waals surface area contributed by atoms with E-state index < -0.39 is 10.0 Å². The number of nitrogen functional groups attached to an aromatic ring is 1. The van der Waals surface area contributed by atoms with Crippen molar-refractivity contribution in [2.75, 3.05) is 18.5 Å². The Morgan fingerprint density at radius 1 is 1.25 bits per heavy atom. The number of nitrogens with two attached hydrogens (primary N) is 1. The topological polar surface area (TPSA) is 113 Å². The summed E-state index contributed by atoms with van der Waals surface area (Å²) in [6.45, 7) is 0.409. The van der Waals surface area contributed by atoms with Crippen molar-refractivity contribution in [1.29, 1.82) is 0 Å². The molecular weight excluding hydrogens is 280 g/mol. The summed E-state index contributed by atoms with van der Waals surface area (Å²) in [6, 6.07) is 6.33. The van der Waals surface area contributed by atoms with Crippen LogP contribution >= 0.6 is 0 Å². The third-order valence-electron chi connectivity index (χ3n) is 3.00. The van der Waals surface area contributed by atoms with Crippen molar-refractivity contribution in [3.05, 3.63) is 24.3 Å². The van der Waals surface area contributed by atoms with Crippen molar-refractivity contribution in [1.82, 2.24) is 10.0 Å². The van der Waals surface area contributed by atoms with Gasteiger partial charge in [-0.2, -0.15) is 0 Å². The number of benzene rings is 1. The van der Waals surface area contributed by atoms with E-state index in [1.807, 2.05) is 0 Å². The molecule has 1 fully saturated rings. The molecule has 1 saturated carbocycles. The Morgan fingerprint density at radius 2 is 1.95 bits per heavy atom. The standard InChI is InChI=1S/C12H18N4O3S/c13-16-10-3-1-2-4-11(10)20(18,19)15-8-7-14-12(17)9-5-6-9/h1-4,9,15-16H,5-8,13H2,(H,14,17). The Hall–Kier alpha value is -1.64. The maximum Gasteiger partial charge on any atom is 0.242 e. The van der Waals surface area contributed by atoms with Crippen LogP contribution in [-0.2, 0) is 14.8 Å². The Labute approximate surface area is 117 Å². The highest BCUT2D eigenvalue weighted by Gasteiger charge is 2.29. The van der Waals surface area contributed by atoms with E-state index in [0.717, 1.165) is 12.8 Å². The molecule has 0 atom stereocenters. The summed E-state index contributed by atoms with van der Waals surface area (Å²) in [6.07, 6.45) is 1.85. The fourth-order valence-electron chi connectivity index (χ4n) is 1.76. The lowest BCUT2D eigenvalue weighted by atomic mass is 10.3. The van der Waals surface area contributed by atoms with E-state index in [1.165, 1.54) is 6.07 Å². The largest absolute Gasteiger partial charge is 0.355 e. The molecule has 1 aromatic carbocycles. The fourth-order valence-corrected chi connectivity index (χ4v) is 2.96. The number of anilines is 1. The molecule has 5 N–H and O–H groups in total. The first-order chi connectivity index (χ1) is 9.54. The van der Waals surface area contributed by atoms with Gasteiger partial charge in [-0.25, -0.2) is 13.1 Å². The first kappa shape index (κ1) is 14.8. The van der Waals surface area contributed by atoms with E-state index in [4.69, 9.17) is 5.84 Å². The van der Waals surface area contributed by atoms with Crippen LogP contribution in [0.3, 0.4) is 0 Å². The Balaban J connectivity index is 1.88. The zero-order valence-electron chi connectivity index (χ0n) is 10.9. The minimum atomic E-state index is -3.65. The average Bonchev–Trinajstić information content (AvgIpc) is 3.28. The van der Waals surface area contributed by atoms with Crippen LogP contribution in [0.15, 0.2) is 29.2 Å². The van der Waals surface area contributed by atoms with Gasteiger partial charge in [0.25, 0.3) is 0 Å². The SMILES string of the molecule is NNc1ccccc1S(=O)(=O)NCCNC(=O)C1CC1. The van der Waals surface area contributed by atoms with Gasteiger partial charge in [-0.05, 0) is 25.0 Å². The average molecular weight is 298 g/mol. The van der Waals surface area contributed by atoms with Crippen molar-refractivity contribution >= 4 is 21.6 Å². The molecule has 0 bridgehead atoms. The molecule has 1 aromatic rings. The summed E-state index contributed by atoms with van der Waals surface area (Å²) in [7, 11) is -3.65. The number of hydrogen-bond donors (Lipinski definition) is 4. The third kappa shape index (κ3) is 3.69. The van der Waals surface area contributed by atoms with Crippen molar-refractivity contribution in [2.45, 2.75) is 17.7 Å². The second kappa shape index (κ2) is 6.21. The number of amides is 1. The van der Waals surface area contributed by atoms with E-state index in [1.54, 1.807) is 18.2 Å². The van der Waals surface area contributed by atoms with Gasteiger partial charge >= 0.3 is 0 Å². The Morgan fingerprint density at radius 3 is 2.60 bits per heavy atom. The monoisotopic (exact) mass is 298 g/mol. The van der Waals surface area contributed by atoms with Crippen molar-refractivity contribution < 1.29 is 13.2 Å². The quantitative estimate of drug-likeness (QED) is 0.316. The van der Waals surface area contributed by atoms with Gasteiger partial charge in [-0.3, -0.25) is 10.6 Å². The fraction of sp³-hybridized carbons (Fsp3) is 0.417. The van der Waals surface area contributed by atoms with E-state index in [0.29, 0.717) is 5.69 Å². The van der Waals surface area contributed by atoms with E-state index in [9.17, 15) is 13.2 Å². The van der Waals surface area contributed by atoms with Crippen molar-refractivity contribution in [2.24, 2.45) is 11.8 Å². The number of sulfonamides is 1. The number of hydrogen-bond acceptors (Lipinski definition) is 5. The molecule has 0 aliphatic heterocycles.